The summed E-state index contributed by atoms with van der Waals surface area (Å²) >= 11 is 1.66. The van der Waals surface area contributed by atoms with Crippen molar-refractivity contribution in [2.24, 2.45) is 0 Å². The molecule has 0 saturated carbocycles. The summed E-state index contributed by atoms with van der Waals surface area (Å²) in [6.07, 6.45) is 2.42. The van der Waals surface area contributed by atoms with Crippen LogP contribution in [0.3, 0.4) is 0 Å². The van der Waals surface area contributed by atoms with E-state index in [0.29, 0.717) is 17.5 Å². The van der Waals surface area contributed by atoms with Crippen molar-refractivity contribution in [2.75, 3.05) is 12.8 Å². The van der Waals surface area contributed by atoms with Crippen LogP contribution in [0.1, 0.15) is 40.7 Å². The molecule has 170 valence electrons. The highest BCUT2D eigenvalue weighted by molar-refractivity contribution is 7.98. The van der Waals surface area contributed by atoms with Gasteiger partial charge in [-0.25, -0.2) is 4.79 Å². The third kappa shape index (κ3) is 3.86. The standard InChI is InChI=1S/C26H27N3O3S/c1-5-26(19-10-7-6-8-11-19)24(31)28(25(32)27-26)16-23(30)22-14-17(2)29(18(22)3)20-12-9-13-21(15-20)33-4/h6-15H,5,16H2,1-4H3,(H,27,32). The minimum Gasteiger partial charge on any atom is -0.319 e. The number of nitrogens with one attached hydrogen (secondary N) is 1. The summed E-state index contributed by atoms with van der Waals surface area (Å²) in [5.41, 5.74) is 2.75. The topological polar surface area (TPSA) is 71.4 Å². The van der Waals surface area contributed by atoms with Crippen molar-refractivity contribution in [3.63, 3.8) is 0 Å². The lowest BCUT2D eigenvalue weighted by Crippen LogP contribution is -2.43. The smallest absolute Gasteiger partial charge is 0.319 e. The highest BCUT2D eigenvalue weighted by Crippen LogP contribution is 2.33. The van der Waals surface area contributed by atoms with Gasteiger partial charge in [0.25, 0.3) is 5.91 Å². The molecule has 1 aromatic heterocycles. The van der Waals surface area contributed by atoms with Crippen LogP contribution in [0.25, 0.3) is 5.69 Å². The summed E-state index contributed by atoms with van der Waals surface area (Å²) < 4.78 is 2.03. The molecule has 1 aliphatic rings. The first-order chi connectivity index (χ1) is 15.8. The number of hydrogen-bond donors (Lipinski definition) is 1. The molecule has 1 N–H and O–H groups in total. The minimum absolute atomic E-state index is 0.265. The Morgan fingerprint density at radius 3 is 2.42 bits per heavy atom. The minimum atomic E-state index is -1.15. The number of thioether (sulfide) groups is 1. The van der Waals surface area contributed by atoms with E-state index >= 15 is 0 Å². The Morgan fingerprint density at radius 1 is 1.03 bits per heavy atom. The number of imide groups is 1. The van der Waals surface area contributed by atoms with Gasteiger partial charge in [0.15, 0.2) is 5.78 Å². The number of hydrogen-bond acceptors (Lipinski definition) is 4. The molecule has 2 heterocycles. The van der Waals surface area contributed by atoms with E-state index in [9.17, 15) is 14.4 Å². The second-order valence-electron chi connectivity index (χ2n) is 8.19. The van der Waals surface area contributed by atoms with E-state index < -0.39 is 17.5 Å². The van der Waals surface area contributed by atoms with Gasteiger partial charge in [0.2, 0.25) is 0 Å². The van der Waals surface area contributed by atoms with Crippen molar-refractivity contribution >= 4 is 29.5 Å². The summed E-state index contributed by atoms with van der Waals surface area (Å²) in [5.74, 6) is -0.658. The predicted molar refractivity (Wildman–Crippen MR) is 130 cm³/mol. The Balaban J connectivity index is 1.63. The Labute approximate surface area is 198 Å². The molecule has 6 nitrogen and oxygen atoms in total. The third-order valence-electron chi connectivity index (χ3n) is 6.32. The van der Waals surface area contributed by atoms with Crippen molar-refractivity contribution < 1.29 is 14.4 Å². The summed E-state index contributed by atoms with van der Waals surface area (Å²) in [7, 11) is 0. The molecule has 33 heavy (non-hydrogen) atoms. The van der Waals surface area contributed by atoms with Crippen LogP contribution in [-0.2, 0) is 10.3 Å². The fraction of sp³-hybridized carbons (Fsp3) is 0.269. The molecule has 0 spiro atoms. The molecule has 3 aromatic rings. The Morgan fingerprint density at radius 2 is 1.76 bits per heavy atom. The molecular formula is C26H27N3O3S. The zero-order chi connectivity index (χ0) is 23.8. The van der Waals surface area contributed by atoms with Gasteiger partial charge in [-0.05, 0) is 56.4 Å². The van der Waals surface area contributed by atoms with Crippen LogP contribution in [0.4, 0.5) is 4.79 Å². The molecule has 0 radical (unpaired) electrons. The average Bonchev–Trinajstić information content (AvgIpc) is 3.27. The van der Waals surface area contributed by atoms with Crippen LogP contribution in [0, 0.1) is 13.8 Å². The van der Waals surface area contributed by atoms with Gasteiger partial charge in [-0.15, -0.1) is 11.8 Å². The number of urea groups is 1. The van der Waals surface area contributed by atoms with E-state index in [1.165, 1.54) is 0 Å². The van der Waals surface area contributed by atoms with Gasteiger partial charge in [-0.1, -0.05) is 43.3 Å². The van der Waals surface area contributed by atoms with E-state index in [4.69, 9.17) is 0 Å². The lowest BCUT2D eigenvalue weighted by molar-refractivity contribution is -0.131. The molecule has 2 aromatic carbocycles. The van der Waals surface area contributed by atoms with Crippen LogP contribution >= 0.6 is 11.8 Å². The van der Waals surface area contributed by atoms with Gasteiger partial charge in [-0.3, -0.25) is 14.5 Å². The van der Waals surface area contributed by atoms with Crippen molar-refractivity contribution in [3.8, 4) is 5.69 Å². The Bertz CT molecular complexity index is 1230. The van der Waals surface area contributed by atoms with Crippen molar-refractivity contribution in [2.45, 2.75) is 37.6 Å². The number of ketones is 1. The molecule has 1 atom stereocenters. The molecule has 3 amide bonds. The summed E-state index contributed by atoms with van der Waals surface area (Å²) in [5, 5.41) is 2.84. The largest absolute Gasteiger partial charge is 0.325 e. The highest BCUT2D eigenvalue weighted by Gasteiger charge is 2.51. The molecule has 1 fully saturated rings. The zero-order valence-corrected chi connectivity index (χ0v) is 20.0. The van der Waals surface area contributed by atoms with Gasteiger partial charge in [0, 0.05) is 27.5 Å². The Kier molecular flexibility index (Phi) is 6.17. The summed E-state index contributed by atoms with van der Waals surface area (Å²) in [6, 6.07) is 18.6. The number of aromatic nitrogens is 1. The number of benzene rings is 2. The molecule has 1 aliphatic heterocycles. The van der Waals surface area contributed by atoms with Crippen molar-refractivity contribution in [1.82, 2.24) is 14.8 Å². The fourth-order valence-corrected chi connectivity index (χ4v) is 5.01. The first kappa shape index (κ1) is 22.9. The van der Waals surface area contributed by atoms with E-state index in [1.54, 1.807) is 11.8 Å². The van der Waals surface area contributed by atoms with Gasteiger partial charge in [0.05, 0.1) is 6.54 Å². The Hall–Kier alpha value is -3.32. The van der Waals surface area contributed by atoms with Crippen LogP contribution in [0.2, 0.25) is 0 Å². The van der Waals surface area contributed by atoms with E-state index in [0.717, 1.165) is 26.9 Å². The van der Waals surface area contributed by atoms with E-state index in [-0.39, 0.29) is 12.3 Å². The molecule has 1 saturated heterocycles. The monoisotopic (exact) mass is 461 g/mol. The molecule has 7 heteroatoms. The SMILES string of the molecule is CCC1(c2ccccc2)NC(=O)N(CC(=O)c2cc(C)n(-c3cccc(SC)c3)c2C)C1=O. The maximum atomic E-state index is 13.4. The lowest BCUT2D eigenvalue weighted by atomic mass is 9.87. The van der Waals surface area contributed by atoms with Crippen LogP contribution < -0.4 is 5.32 Å². The van der Waals surface area contributed by atoms with Crippen LogP contribution in [-0.4, -0.2) is 40.0 Å². The van der Waals surface area contributed by atoms with Gasteiger partial charge < -0.3 is 9.88 Å². The normalized spacial score (nSPS) is 18.0. The lowest BCUT2D eigenvalue weighted by Gasteiger charge is -2.25. The maximum Gasteiger partial charge on any atom is 0.325 e. The van der Waals surface area contributed by atoms with Crippen LogP contribution in [0.15, 0.2) is 65.6 Å². The number of carbonyl (C=O) groups is 3. The van der Waals surface area contributed by atoms with Gasteiger partial charge in [0.1, 0.15) is 5.54 Å². The quantitative estimate of drug-likeness (QED) is 0.310. The summed E-state index contributed by atoms with van der Waals surface area (Å²) in [4.78, 5) is 41.6. The fourth-order valence-electron chi connectivity index (χ4n) is 4.55. The van der Waals surface area contributed by atoms with Crippen LogP contribution in [0.5, 0.6) is 0 Å². The predicted octanol–water partition coefficient (Wildman–Crippen LogP) is 4.86. The number of nitrogens with zero attached hydrogens (tertiary/aromatic N) is 2. The van der Waals surface area contributed by atoms with Crippen molar-refractivity contribution in [1.29, 1.82) is 0 Å². The first-order valence-corrected chi connectivity index (χ1v) is 12.1. The second kappa shape index (κ2) is 8.90. The highest BCUT2D eigenvalue weighted by atomic mass is 32.2. The van der Waals surface area contributed by atoms with E-state index in [2.05, 4.69) is 11.4 Å². The van der Waals surface area contributed by atoms with E-state index in [1.807, 2.05) is 86.2 Å². The molecule has 1 unspecified atom stereocenters. The second-order valence-corrected chi connectivity index (χ2v) is 9.07. The van der Waals surface area contributed by atoms with Crippen molar-refractivity contribution in [3.05, 3.63) is 83.2 Å². The molecular weight excluding hydrogens is 434 g/mol. The molecule has 0 bridgehead atoms. The number of Topliss-reactive ketones (excluding diaryl/α,β-unsaturated/α-hetero) is 1. The molecule has 0 aliphatic carbocycles. The van der Waals surface area contributed by atoms with Gasteiger partial charge in [-0.2, -0.15) is 0 Å². The zero-order valence-electron chi connectivity index (χ0n) is 19.2. The van der Waals surface area contributed by atoms with Gasteiger partial charge >= 0.3 is 6.03 Å². The number of rotatable bonds is 7. The third-order valence-corrected chi connectivity index (χ3v) is 7.04. The first-order valence-electron chi connectivity index (χ1n) is 10.9. The summed E-state index contributed by atoms with van der Waals surface area (Å²) in [6.45, 7) is 5.39. The molecule has 4 rings (SSSR count). The number of carbonyl (C=O) groups excluding carboxylic acids is 3. The number of amides is 3. The number of aryl methyl sites for hydroxylation is 1. The maximum absolute atomic E-state index is 13.4. The average molecular weight is 462 g/mol.